The zero-order valence-electron chi connectivity index (χ0n) is 25.3. The van der Waals surface area contributed by atoms with Crippen LogP contribution in [-0.4, -0.2) is 53.4 Å². The molecule has 0 unspecified atom stereocenters. The van der Waals surface area contributed by atoms with Gasteiger partial charge in [-0.2, -0.15) is 0 Å². The van der Waals surface area contributed by atoms with Gasteiger partial charge < -0.3 is 0 Å². The molecule has 0 aliphatic carbocycles. The summed E-state index contributed by atoms with van der Waals surface area (Å²) < 4.78 is 16.3. The number of unbranched alkanes of at least 4 members (excludes halogenated alkanes) is 3. The van der Waals surface area contributed by atoms with Gasteiger partial charge in [-0.3, -0.25) is 0 Å². The van der Waals surface area contributed by atoms with Crippen molar-refractivity contribution in [1.82, 2.24) is 0 Å². The number of ether oxygens (including phenoxy) is 2. The second kappa shape index (κ2) is 16.7. The molecular weight excluding hydrogens is 603 g/mol. The van der Waals surface area contributed by atoms with Gasteiger partial charge >= 0.3 is 248 Å². The third kappa shape index (κ3) is 8.01. The number of methoxy groups -OCH3 is 1. The van der Waals surface area contributed by atoms with Crippen molar-refractivity contribution >= 4 is 30.4 Å². The van der Waals surface area contributed by atoms with Gasteiger partial charge in [0, 0.05) is 0 Å². The van der Waals surface area contributed by atoms with Crippen molar-refractivity contribution in [3.05, 3.63) is 77.9 Å². The van der Waals surface area contributed by atoms with Gasteiger partial charge in [-0.1, -0.05) is 0 Å². The number of carbonyl (C=O) groups excluding carboxylic acids is 1. The maximum atomic E-state index is 14.2. The van der Waals surface area contributed by atoms with Crippen molar-refractivity contribution in [2.24, 2.45) is 5.41 Å². The Kier molecular flexibility index (Phi) is 13.7. The molecule has 1 fully saturated rings. The van der Waals surface area contributed by atoms with Gasteiger partial charge in [0.25, 0.3) is 0 Å². The number of hydrogen-bond donors (Lipinski definition) is 1. The third-order valence-corrected chi connectivity index (χ3v) is 25.8. The Morgan fingerprint density at radius 2 is 1.52 bits per heavy atom. The molecule has 220 valence electrons. The van der Waals surface area contributed by atoms with Crippen LogP contribution in [0.15, 0.2) is 66.7 Å². The van der Waals surface area contributed by atoms with Crippen LogP contribution >= 0.6 is 0 Å². The number of hydrogen-bond acceptors (Lipinski definition) is 4. The van der Waals surface area contributed by atoms with Crippen LogP contribution in [0.3, 0.4) is 0 Å². The predicted octanol–water partition coefficient (Wildman–Crippen LogP) is 8.57. The van der Waals surface area contributed by atoms with Crippen molar-refractivity contribution < 1.29 is 19.4 Å². The second-order valence-electron chi connectivity index (χ2n) is 11.7. The van der Waals surface area contributed by atoms with Gasteiger partial charge in [0.1, 0.15) is 0 Å². The Balaban J connectivity index is 2.13. The fraction of sp³-hybridized carbons (Fsp3) is 0.571. The predicted molar refractivity (Wildman–Crippen MR) is 169 cm³/mol. The summed E-state index contributed by atoms with van der Waals surface area (Å²) in [7, 11) is 1.54. The van der Waals surface area contributed by atoms with E-state index in [1.54, 1.807) is 0 Å². The van der Waals surface area contributed by atoms with Gasteiger partial charge in [-0.05, 0) is 0 Å². The Bertz CT molecular complexity index is 1000. The Hall–Kier alpha value is -1.63. The molecule has 40 heavy (non-hydrogen) atoms. The minimum absolute atomic E-state index is 0.0468. The van der Waals surface area contributed by atoms with Crippen LogP contribution in [-0.2, 0) is 14.3 Å². The second-order valence-corrected chi connectivity index (χ2v) is 25.3. The van der Waals surface area contributed by atoms with E-state index in [2.05, 4.69) is 32.9 Å². The summed E-state index contributed by atoms with van der Waals surface area (Å²) in [6.07, 6.45) is 11.4. The first-order chi connectivity index (χ1) is 19.5. The van der Waals surface area contributed by atoms with Gasteiger partial charge in [0.15, 0.2) is 0 Å². The van der Waals surface area contributed by atoms with Crippen molar-refractivity contribution in [3.63, 3.8) is 0 Å². The fourth-order valence-electron chi connectivity index (χ4n) is 7.04. The molecule has 1 N–H and O–H groups in total. The van der Waals surface area contributed by atoms with E-state index in [-0.39, 0.29) is 16.0 Å². The molecule has 0 spiro atoms. The van der Waals surface area contributed by atoms with Crippen LogP contribution in [0.4, 0.5) is 0 Å². The average molecular weight is 656 g/mol. The summed E-state index contributed by atoms with van der Waals surface area (Å²) >= 11 is -3.09. The molecule has 1 aliphatic heterocycles. The molecule has 0 bridgehead atoms. The monoisotopic (exact) mass is 656 g/mol. The van der Waals surface area contributed by atoms with Gasteiger partial charge in [0.05, 0.1) is 0 Å². The van der Waals surface area contributed by atoms with Gasteiger partial charge in [-0.15, -0.1) is 0 Å². The summed E-state index contributed by atoms with van der Waals surface area (Å²) in [6, 6.07) is 20.4. The summed E-state index contributed by atoms with van der Waals surface area (Å²) in [6.45, 7) is 7.42. The number of rotatable bonds is 17. The summed E-state index contributed by atoms with van der Waals surface area (Å²) in [5.74, 6) is -0.335. The molecule has 1 aliphatic rings. The van der Waals surface area contributed by atoms with E-state index >= 15 is 0 Å². The molecule has 0 saturated carbocycles. The first-order valence-electron chi connectivity index (χ1n) is 15.6. The topological polar surface area (TPSA) is 55.8 Å². The molecule has 0 amide bonds. The molecule has 1 heterocycles. The van der Waals surface area contributed by atoms with Crippen LogP contribution < -0.4 is 0 Å². The van der Waals surface area contributed by atoms with Gasteiger partial charge in [0.2, 0.25) is 0 Å². The van der Waals surface area contributed by atoms with E-state index in [0.29, 0.717) is 19.4 Å². The molecule has 4 nitrogen and oxygen atoms in total. The summed E-state index contributed by atoms with van der Waals surface area (Å²) in [4.78, 5) is 14.2. The zero-order valence-corrected chi connectivity index (χ0v) is 28.2. The van der Waals surface area contributed by atoms with E-state index in [1.165, 1.54) is 58.9 Å². The third-order valence-electron chi connectivity index (χ3n) is 9.09. The number of aliphatic hydroxyl groups excluding tert-OH is 1. The van der Waals surface area contributed by atoms with E-state index in [1.807, 2.05) is 60.7 Å². The first kappa shape index (κ1) is 32.9. The van der Waals surface area contributed by atoms with Crippen LogP contribution in [0.1, 0.15) is 89.2 Å². The van der Waals surface area contributed by atoms with E-state index < -0.39 is 29.9 Å². The van der Waals surface area contributed by atoms with Crippen LogP contribution in [0.5, 0.6) is 0 Å². The summed E-state index contributed by atoms with van der Waals surface area (Å²) in [5.41, 5.74) is 1.37. The number of benzene rings is 2. The molecule has 1 saturated heterocycles. The Morgan fingerprint density at radius 1 is 0.975 bits per heavy atom. The molecule has 3 rings (SSSR count). The fourth-order valence-corrected chi connectivity index (χ4v) is 26.3. The quantitative estimate of drug-likeness (QED) is 0.137. The van der Waals surface area contributed by atoms with Crippen LogP contribution in [0.2, 0.25) is 13.3 Å². The standard InChI is InChI=1S/C23H25O4.3C4H9.Sn/c1-26-22(25)23(14-15-27-17-23)21(19-10-6-3-7-11-19)16-20(24)13-12-18-8-4-2-5-9-18;3*1-3-4-2;/h2-13,17,20-21,24H,14-16H2,1H3;3*1,3-4H2,2H3;/b13-12+;;;;/t20-,21-,23-;;;;/m1..../s1. The molecule has 0 aromatic heterocycles. The zero-order chi connectivity index (χ0) is 28.8. The SMILES string of the molecule is CCC[CH2][Sn]([CH2]CCC)([CH2]CCC)[C@H]1OCC[C@]1(C(=O)OC)[C@H](C[C@H](O)/C=C/c1ccccc1)c1ccccc1. The van der Waals surface area contributed by atoms with Crippen molar-refractivity contribution in [3.8, 4) is 0 Å². The van der Waals surface area contributed by atoms with E-state index in [0.717, 1.165) is 11.1 Å². The number of carbonyl (C=O) groups is 1. The molecule has 2 aromatic rings. The average Bonchev–Trinajstić information content (AvgIpc) is 3.45. The van der Waals surface area contributed by atoms with Crippen LogP contribution in [0, 0.1) is 5.41 Å². The minimum atomic E-state index is -3.09. The van der Waals surface area contributed by atoms with Crippen molar-refractivity contribution in [1.29, 1.82) is 0 Å². The maximum absolute atomic E-state index is 14.2. The Morgan fingerprint density at radius 3 is 2.05 bits per heavy atom. The van der Waals surface area contributed by atoms with E-state index in [9.17, 15) is 9.90 Å². The number of aliphatic hydroxyl groups is 1. The van der Waals surface area contributed by atoms with E-state index in [4.69, 9.17) is 9.47 Å². The Labute approximate surface area is 247 Å². The molecular formula is C35H52O4Sn. The van der Waals surface area contributed by atoms with Crippen LogP contribution in [0.25, 0.3) is 6.08 Å². The molecule has 0 radical (unpaired) electrons. The van der Waals surface area contributed by atoms with Crippen molar-refractivity contribution in [2.45, 2.75) is 102 Å². The normalized spacial score (nSPS) is 21.0. The van der Waals surface area contributed by atoms with Crippen molar-refractivity contribution in [2.75, 3.05) is 13.7 Å². The summed E-state index contributed by atoms with van der Waals surface area (Å²) in [5, 5.41) is 11.4. The molecule has 4 atom stereocenters. The molecule has 2 aromatic carbocycles. The van der Waals surface area contributed by atoms with Gasteiger partial charge in [-0.25, -0.2) is 0 Å². The first-order valence-corrected chi connectivity index (χ1v) is 23.3. The molecule has 5 heteroatoms. The number of esters is 1.